The lowest BCUT2D eigenvalue weighted by Crippen LogP contribution is -2.35. The number of nitrogens with one attached hydrogen (secondary N) is 1. The zero-order valence-corrected chi connectivity index (χ0v) is 11.9. The van der Waals surface area contributed by atoms with Gasteiger partial charge in [-0.2, -0.15) is 5.10 Å². The van der Waals surface area contributed by atoms with Crippen molar-refractivity contribution in [1.82, 2.24) is 15.1 Å². The molecule has 0 bridgehead atoms. The SMILES string of the molecule is CCNC(=O)[C@@H](C)OC(=O)c1ccc(-n2cccn2)cc1. The Kier molecular flexibility index (Phi) is 4.71. The summed E-state index contributed by atoms with van der Waals surface area (Å²) in [5.41, 5.74) is 1.23. The molecule has 0 unspecified atom stereocenters. The number of esters is 1. The first-order valence-corrected chi connectivity index (χ1v) is 6.70. The average Bonchev–Trinajstić information content (AvgIpc) is 3.01. The molecular formula is C15H17N3O3. The van der Waals surface area contributed by atoms with Gasteiger partial charge in [-0.3, -0.25) is 4.79 Å². The van der Waals surface area contributed by atoms with Gasteiger partial charge in [0.2, 0.25) is 0 Å². The third-order valence-corrected chi connectivity index (χ3v) is 2.88. The highest BCUT2D eigenvalue weighted by molar-refractivity contribution is 5.92. The molecule has 1 heterocycles. The minimum atomic E-state index is -0.816. The number of nitrogens with zero attached hydrogens (tertiary/aromatic N) is 2. The van der Waals surface area contributed by atoms with Crippen molar-refractivity contribution < 1.29 is 14.3 Å². The molecule has 1 aromatic heterocycles. The average molecular weight is 287 g/mol. The maximum atomic E-state index is 11.9. The number of aromatic nitrogens is 2. The summed E-state index contributed by atoms with van der Waals surface area (Å²) in [6, 6.07) is 8.63. The fourth-order valence-electron chi connectivity index (χ4n) is 1.77. The van der Waals surface area contributed by atoms with E-state index in [1.54, 1.807) is 49.0 Å². The van der Waals surface area contributed by atoms with E-state index in [4.69, 9.17) is 4.74 Å². The molecule has 110 valence electrons. The molecule has 2 rings (SSSR count). The summed E-state index contributed by atoms with van der Waals surface area (Å²) in [4.78, 5) is 23.5. The number of hydrogen-bond acceptors (Lipinski definition) is 4. The minimum absolute atomic E-state index is 0.306. The Balaban J connectivity index is 2.02. The molecule has 2 aromatic rings. The fourth-order valence-corrected chi connectivity index (χ4v) is 1.77. The Bertz CT molecular complexity index is 606. The van der Waals surface area contributed by atoms with E-state index in [0.717, 1.165) is 5.69 Å². The number of ether oxygens (including phenoxy) is 1. The van der Waals surface area contributed by atoms with Crippen LogP contribution in [-0.2, 0) is 9.53 Å². The van der Waals surface area contributed by atoms with Gasteiger partial charge in [0.1, 0.15) is 0 Å². The van der Waals surface area contributed by atoms with Crippen LogP contribution in [0.1, 0.15) is 24.2 Å². The van der Waals surface area contributed by atoms with Crippen molar-refractivity contribution in [3.63, 3.8) is 0 Å². The summed E-state index contributed by atoms with van der Waals surface area (Å²) in [6.07, 6.45) is 2.67. The van der Waals surface area contributed by atoms with Crippen LogP contribution >= 0.6 is 0 Å². The standard InChI is InChI=1S/C15H17N3O3/c1-3-16-14(19)11(2)21-15(20)12-5-7-13(8-6-12)18-10-4-9-17-18/h4-11H,3H2,1-2H3,(H,16,19)/t11-/m1/s1. The number of carbonyl (C=O) groups excluding carboxylic acids is 2. The molecule has 0 aliphatic carbocycles. The molecule has 1 amide bonds. The van der Waals surface area contributed by atoms with E-state index in [1.807, 2.05) is 12.3 Å². The fraction of sp³-hybridized carbons (Fsp3) is 0.267. The van der Waals surface area contributed by atoms with Crippen LogP contribution in [0, 0.1) is 0 Å². The molecule has 0 spiro atoms. The lowest BCUT2D eigenvalue weighted by molar-refractivity contribution is -0.128. The monoisotopic (exact) mass is 287 g/mol. The molecular weight excluding hydrogens is 270 g/mol. The molecule has 0 aliphatic rings. The highest BCUT2D eigenvalue weighted by Gasteiger charge is 2.18. The topological polar surface area (TPSA) is 73.2 Å². The molecule has 6 heteroatoms. The lowest BCUT2D eigenvalue weighted by atomic mass is 10.2. The van der Waals surface area contributed by atoms with Gasteiger partial charge in [0, 0.05) is 18.9 Å². The molecule has 6 nitrogen and oxygen atoms in total. The van der Waals surface area contributed by atoms with Crippen molar-refractivity contribution in [2.45, 2.75) is 20.0 Å². The number of carbonyl (C=O) groups is 2. The van der Waals surface area contributed by atoms with E-state index in [9.17, 15) is 9.59 Å². The molecule has 0 saturated heterocycles. The van der Waals surface area contributed by atoms with E-state index >= 15 is 0 Å². The van der Waals surface area contributed by atoms with Crippen LogP contribution in [0.4, 0.5) is 0 Å². The summed E-state index contributed by atoms with van der Waals surface area (Å²) < 4.78 is 6.79. The number of likely N-dealkylation sites (N-methyl/N-ethyl adjacent to an activating group) is 1. The normalized spacial score (nSPS) is 11.7. The van der Waals surface area contributed by atoms with Crippen LogP contribution in [0.15, 0.2) is 42.7 Å². The molecule has 0 aliphatic heterocycles. The van der Waals surface area contributed by atoms with E-state index in [1.165, 1.54) is 0 Å². The zero-order chi connectivity index (χ0) is 15.2. The summed E-state index contributed by atoms with van der Waals surface area (Å²) >= 11 is 0. The van der Waals surface area contributed by atoms with Crippen molar-refractivity contribution in [3.8, 4) is 5.69 Å². The largest absolute Gasteiger partial charge is 0.449 e. The first kappa shape index (κ1) is 14.8. The number of amides is 1. The Morgan fingerprint density at radius 2 is 2.05 bits per heavy atom. The van der Waals surface area contributed by atoms with Gasteiger partial charge in [-0.25, -0.2) is 9.48 Å². The molecule has 21 heavy (non-hydrogen) atoms. The van der Waals surface area contributed by atoms with Gasteiger partial charge in [-0.1, -0.05) is 0 Å². The first-order valence-electron chi connectivity index (χ1n) is 6.70. The van der Waals surface area contributed by atoms with Gasteiger partial charge in [-0.15, -0.1) is 0 Å². The van der Waals surface area contributed by atoms with Crippen LogP contribution in [0.5, 0.6) is 0 Å². The van der Waals surface area contributed by atoms with Crippen LogP contribution in [0.3, 0.4) is 0 Å². The molecule has 0 fully saturated rings. The van der Waals surface area contributed by atoms with Crippen molar-refractivity contribution in [1.29, 1.82) is 0 Å². The third kappa shape index (κ3) is 3.68. The quantitative estimate of drug-likeness (QED) is 0.847. The predicted molar refractivity (Wildman–Crippen MR) is 77.1 cm³/mol. The van der Waals surface area contributed by atoms with Crippen LogP contribution in [0.25, 0.3) is 5.69 Å². The Hall–Kier alpha value is -2.63. The second-order valence-electron chi connectivity index (χ2n) is 4.44. The number of rotatable bonds is 5. The molecule has 0 radical (unpaired) electrons. The zero-order valence-electron chi connectivity index (χ0n) is 11.9. The predicted octanol–water partition coefficient (Wildman–Crippen LogP) is 1.55. The summed E-state index contributed by atoms with van der Waals surface area (Å²) in [5, 5.41) is 6.70. The third-order valence-electron chi connectivity index (χ3n) is 2.88. The molecule has 1 N–H and O–H groups in total. The second-order valence-corrected chi connectivity index (χ2v) is 4.44. The Morgan fingerprint density at radius 1 is 1.33 bits per heavy atom. The second kappa shape index (κ2) is 6.69. The van der Waals surface area contributed by atoms with E-state index in [-0.39, 0.29) is 5.91 Å². The Labute approximate surface area is 122 Å². The van der Waals surface area contributed by atoms with Crippen molar-refractivity contribution in [2.24, 2.45) is 0 Å². The maximum absolute atomic E-state index is 11.9. The smallest absolute Gasteiger partial charge is 0.338 e. The summed E-state index contributed by atoms with van der Waals surface area (Å²) in [7, 11) is 0. The van der Waals surface area contributed by atoms with Gasteiger partial charge in [-0.05, 0) is 44.2 Å². The van der Waals surface area contributed by atoms with Gasteiger partial charge < -0.3 is 10.1 Å². The van der Waals surface area contributed by atoms with Gasteiger partial charge in [0.25, 0.3) is 5.91 Å². The van der Waals surface area contributed by atoms with Crippen molar-refractivity contribution in [3.05, 3.63) is 48.3 Å². The van der Waals surface area contributed by atoms with E-state index < -0.39 is 12.1 Å². The Morgan fingerprint density at radius 3 is 2.62 bits per heavy atom. The minimum Gasteiger partial charge on any atom is -0.449 e. The van der Waals surface area contributed by atoms with Crippen molar-refractivity contribution >= 4 is 11.9 Å². The van der Waals surface area contributed by atoms with Gasteiger partial charge in [0.15, 0.2) is 6.10 Å². The number of benzene rings is 1. The van der Waals surface area contributed by atoms with Gasteiger partial charge >= 0.3 is 5.97 Å². The highest BCUT2D eigenvalue weighted by atomic mass is 16.5. The van der Waals surface area contributed by atoms with Crippen molar-refractivity contribution in [2.75, 3.05) is 6.54 Å². The summed E-state index contributed by atoms with van der Waals surface area (Å²) in [5.74, 6) is -0.834. The van der Waals surface area contributed by atoms with Crippen LogP contribution in [0.2, 0.25) is 0 Å². The number of hydrogen-bond donors (Lipinski definition) is 1. The molecule has 0 saturated carbocycles. The van der Waals surface area contributed by atoms with E-state index in [0.29, 0.717) is 12.1 Å². The summed E-state index contributed by atoms with van der Waals surface area (Å²) in [6.45, 7) is 3.85. The highest BCUT2D eigenvalue weighted by Crippen LogP contribution is 2.10. The molecule has 1 atom stereocenters. The lowest BCUT2D eigenvalue weighted by Gasteiger charge is -2.12. The first-order chi connectivity index (χ1) is 10.1. The van der Waals surface area contributed by atoms with Crippen LogP contribution < -0.4 is 5.32 Å². The maximum Gasteiger partial charge on any atom is 0.338 e. The van der Waals surface area contributed by atoms with Crippen LogP contribution in [-0.4, -0.2) is 34.3 Å². The van der Waals surface area contributed by atoms with E-state index in [2.05, 4.69) is 10.4 Å². The molecule has 1 aromatic carbocycles. The van der Waals surface area contributed by atoms with Gasteiger partial charge in [0.05, 0.1) is 11.3 Å².